The minimum Gasteiger partial charge on any atom is -0.308 e. The van der Waals surface area contributed by atoms with Crippen LogP contribution in [0.5, 0.6) is 0 Å². The largest absolute Gasteiger partial charge is 0.308 e. The molecule has 0 aliphatic heterocycles. The first kappa shape index (κ1) is 25.9. The number of nitrogens with zero attached hydrogens (tertiary/aromatic N) is 3. The maximum absolute atomic E-state index is 13.8. The van der Waals surface area contributed by atoms with Gasteiger partial charge in [0.05, 0.1) is 18.3 Å². The highest BCUT2D eigenvalue weighted by atomic mass is 35.5. The van der Waals surface area contributed by atoms with Crippen LogP contribution in [0, 0.1) is 5.92 Å². The van der Waals surface area contributed by atoms with Gasteiger partial charge in [0.2, 0.25) is 5.91 Å². The van der Waals surface area contributed by atoms with E-state index < -0.39 is 0 Å². The molecule has 0 unspecified atom stereocenters. The summed E-state index contributed by atoms with van der Waals surface area (Å²) in [5, 5.41) is 6.04. The number of aromatic nitrogens is 2. The minimum atomic E-state index is -0.0138. The van der Waals surface area contributed by atoms with Gasteiger partial charge in [0.15, 0.2) is 5.78 Å². The number of ketones is 1. The van der Waals surface area contributed by atoms with Gasteiger partial charge in [0.25, 0.3) is 0 Å². The fourth-order valence-electron chi connectivity index (χ4n) is 5.24. The standard InChI is InChI=1S/C32H32ClN3O2/c1-22(37)11-12-23-7-6-10-29(17-23)36(32(38)24-8-4-3-5-9-24)21-27-14-13-26(19-30(27)33)25-15-16-31-28(18-25)20-34-35(31)2/h6-7,10-20,24H,3-5,8-9,21H2,1-2H3/b12-11+. The Labute approximate surface area is 228 Å². The lowest BCUT2D eigenvalue weighted by molar-refractivity contribution is -0.123. The van der Waals surface area contributed by atoms with Crippen LogP contribution in [-0.2, 0) is 23.2 Å². The van der Waals surface area contributed by atoms with Crippen LogP contribution in [0.1, 0.15) is 50.2 Å². The number of carbonyl (C=O) groups is 2. The van der Waals surface area contributed by atoms with Crippen molar-refractivity contribution >= 4 is 46.0 Å². The van der Waals surface area contributed by atoms with E-state index in [0.29, 0.717) is 11.6 Å². The van der Waals surface area contributed by atoms with Gasteiger partial charge in [-0.2, -0.15) is 5.10 Å². The number of aryl methyl sites for hydroxylation is 1. The van der Waals surface area contributed by atoms with Gasteiger partial charge in [0.1, 0.15) is 0 Å². The molecule has 194 valence electrons. The van der Waals surface area contributed by atoms with E-state index >= 15 is 0 Å². The zero-order valence-electron chi connectivity index (χ0n) is 21.9. The molecule has 6 heteroatoms. The lowest BCUT2D eigenvalue weighted by atomic mass is 9.88. The summed E-state index contributed by atoms with van der Waals surface area (Å²) in [5.41, 5.74) is 5.75. The summed E-state index contributed by atoms with van der Waals surface area (Å²) in [6.07, 6.45) is 10.4. The Morgan fingerprint density at radius 3 is 2.55 bits per heavy atom. The van der Waals surface area contributed by atoms with Gasteiger partial charge in [-0.15, -0.1) is 0 Å². The Bertz CT molecular complexity index is 1510. The number of halogens is 1. The maximum Gasteiger partial charge on any atom is 0.230 e. The van der Waals surface area contributed by atoms with Crippen molar-refractivity contribution in [2.24, 2.45) is 13.0 Å². The van der Waals surface area contributed by atoms with Crippen molar-refractivity contribution in [1.82, 2.24) is 9.78 Å². The van der Waals surface area contributed by atoms with Crippen LogP contribution in [0.3, 0.4) is 0 Å². The third-order valence-corrected chi connectivity index (χ3v) is 7.73. The van der Waals surface area contributed by atoms with Gasteiger partial charge in [-0.05, 0) is 78.4 Å². The van der Waals surface area contributed by atoms with E-state index in [1.54, 1.807) is 12.2 Å². The first-order valence-electron chi connectivity index (χ1n) is 13.2. The molecule has 5 nitrogen and oxygen atoms in total. The molecule has 1 amide bonds. The molecule has 1 heterocycles. The van der Waals surface area contributed by atoms with Crippen molar-refractivity contribution in [3.8, 4) is 11.1 Å². The van der Waals surface area contributed by atoms with Gasteiger partial charge >= 0.3 is 0 Å². The predicted octanol–water partition coefficient (Wildman–Crippen LogP) is 7.61. The van der Waals surface area contributed by atoms with Gasteiger partial charge in [-0.1, -0.05) is 67.3 Å². The van der Waals surface area contributed by atoms with Crippen LogP contribution in [0.15, 0.2) is 72.9 Å². The number of amides is 1. The molecule has 0 atom stereocenters. The smallest absolute Gasteiger partial charge is 0.230 e. The van der Waals surface area contributed by atoms with E-state index in [4.69, 9.17) is 11.6 Å². The van der Waals surface area contributed by atoms with Crippen molar-refractivity contribution in [3.63, 3.8) is 0 Å². The zero-order valence-corrected chi connectivity index (χ0v) is 22.6. The van der Waals surface area contributed by atoms with Crippen molar-refractivity contribution in [2.75, 3.05) is 4.90 Å². The molecule has 3 aromatic carbocycles. The molecule has 1 aliphatic rings. The Morgan fingerprint density at radius 1 is 1.03 bits per heavy atom. The lowest BCUT2D eigenvalue weighted by Gasteiger charge is -2.30. The van der Waals surface area contributed by atoms with Crippen LogP contribution < -0.4 is 4.90 Å². The molecule has 5 rings (SSSR count). The lowest BCUT2D eigenvalue weighted by Crippen LogP contribution is -2.36. The van der Waals surface area contributed by atoms with E-state index in [9.17, 15) is 9.59 Å². The quantitative estimate of drug-likeness (QED) is 0.233. The fraction of sp³-hybridized carbons (Fsp3) is 0.281. The molecule has 0 N–H and O–H groups in total. The highest BCUT2D eigenvalue weighted by Gasteiger charge is 2.27. The van der Waals surface area contributed by atoms with Crippen LogP contribution in [0.25, 0.3) is 28.1 Å². The fourth-order valence-corrected chi connectivity index (χ4v) is 5.49. The SMILES string of the molecule is CC(=O)/C=C/c1cccc(N(Cc2ccc(-c3ccc4c(cnn4C)c3)cc2Cl)C(=O)C2CCCCC2)c1. The van der Waals surface area contributed by atoms with E-state index in [-0.39, 0.29) is 17.6 Å². The van der Waals surface area contributed by atoms with Gasteiger partial charge in [0, 0.05) is 29.1 Å². The molecule has 0 saturated heterocycles. The third kappa shape index (κ3) is 5.73. The average Bonchev–Trinajstić information content (AvgIpc) is 3.31. The van der Waals surface area contributed by atoms with Crippen LogP contribution in [0.2, 0.25) is 5.02 Å². The molecule has 1 fully saturated rings. The number of hydrogen-bond donors (Lipinski definition) is 0. The summed E-state index contributed by atoms with van der Waals surface area (Å²) in [5.74, 6) is 0.143. The Kier molecular flexibility index (Phi) is 7.75. The molecule has 0 radical (unpaired) electrons. The Morgan fingerprint density at radius 2 is 1.79 bits per heavy atom. The third-order valence-electron chi connectivity index (χ3n) is 7.37. The topological polar surface area (TPSA) is 55.2 Å². The summed E-state index contributed by atoms with van der Waals surface area (Å²) < 4.78 is 1.86. The van der Waals surface area contributed by atoms with Gasteiger partial charge in [-0.3, -0.25) is 14.3 Å². The molecule has 1 aromatic heterocycles. The number of anilines is 1. The van der Waals surface area contributed by atoms with Gasteiger partial charge in [-0.25, -0.2) is 0 Å². The summed E-state index contributed by atoms with van der Waals surface area (Å²) in [6, 6.07) is 20.1. The number of benzene rings is 3. The molecular formula is C32H32ClN3O2. The number of rotatable bonds is 7. The minimum absolute atomic E-state index is 0.0138. The molecule has 4 aromatic rings. The van der Waals surface area contributed by atoms with Gasteiger partial charge < -0.3 is 4.90 Å². The maximum atomic E-state index is 13.8. The highest BCUT2D eigenvalue weighted by Crippen LogP contribution is 2.32. The Balaban J connectivity index is 1.46. The van der Waals surface area contributed by atoms with Crippen molar-refractivity contribution in [1.29, 1.82) is 0 Å². The number of hydrogen-bond acceptors (Lipinski definition) is 3. The second kappa shape index (κ2) is 11.4. The average molecular weight is 526 g/mol. The summed E-state index contributed by atoms with van der Waals surface area (Å²) in [6.45, 7) is 1.91. The second-order valence-electron chi connectivity index (χ2n) is 10.1. The normalized spacial score (nSPS) is 14.3. The number of carbonyl (C=O) groups excluding carboxylic acids is 2. The van der Waals surface area contributed by atoms with E-state index in [1.807, 2.05) is 59.2 Å². The zero-order chi connectivity index (χ0) is 26.6. The molecule has 0 spiro atoms. The highest BCUT2D eigenvalue weighted by molar-refractivity contribution is 6.31. The summed E-state index contributed by atoms with van der Waals surface area (Å²) in [4.78, 5) is 27.1. The molecule has 1 saturated carbocycles. The number of fused-ring (bicyclic) bond motifs is 1. The monoisotopic (exact) mass is 525 g/mol. The Hall–Kier alpha value is -3.70. The molecule has 1 aliphatic carbocycles. The first-order chi connectivity index (χ1) is 18.4. The van der Waals surface area contributed by atoms with Crippen molar-refractivity contribution < 1.29 is 9.59 Å². The summed E-state index contributed by atoms with van der Waals surface area (Å²) in [7, 11) is 1.93. The van der Waals surface area contributed by atoms with Crippen molar-refractivity contribution in [3.05, 3.63) is 89.1 Å². The van der Waals surface area contributed by atoms with Crippen LogP contribution in [-0.4, -0.2) is 21.5 Å². The summed E-state index contributed by atoms with van der Waals surface area (Å²) >= 11 is 6.84. The first-order valence-corrected chi connectivity index (χ1v) is 13.6. The number of allylic oxidation sites excluding steroid dienone is 1. The van der Waals surface area contributed by atoms with Crippen LogP contribution in [0.4, 0.5) is 5.69 Å². The van der Waals surface area contributed by atoms with E-state index in [1.165, 1.54) is 13.3 Å². The molecule has 38 heavy (non-hydrogen) atoms. The van der Waals surface area contributed by atoms with Crippen LogP contribution >= 0.6 is 11.6 Å². The second-order valence-corrected chi connectivity index (χ2v) is 10.6. The van der Waals surface area contributed by atoms with E-state index in [2.05, 4.69) is 29.4 Å². The predicted molar refractivity (Wildman–Crippen MR) is 155 cm³/mol. The molecule has 0 bridgehead atoms. The molecular weight excluding hydrogens is 494 g/mol. The van der Waals surface area contributed by atoms with E-state index in [0.717, 1.165) is 64.5 Å². The van der Waals surface area contributed by atoms with Crippen molar-refractivity contribution in [2.45, 2.75) is 45.6 Å².